The molecule has 3 aliphatic heterocycles. The van der Waals surface area contributed by atoms with Gasteiger partial charge in [0.15, 0.2) is 5.89 Å². The largest absolute Gasteiger partial charge is 0.445 e. The van der Waals surface area contributed by atoms with Gasteiger partial charge in [0, 0.05) is 32.5 Å². The van der Waals surface area contributed by atoms with Crippen molar-refractivity contribution in [2.75, 3.05) is 32.8 Å². The molecule has 136 valence electrons. The number of likely N-dealkylation sites (tertiary alicyclic amines) is 1. The van der Waals surface area contributed by atoms with E-state index in [4.69, 9.17) is 9.15 Å². The molecule has 3 aliphatic rings. The average molecular weight is 347 g/mol. The van der Waals surface area contributed by atoms with E-state index in [2.05, 4.69) is 4.98 Å². The third kappa shape index (κ3) is 3.56. The van der Waals surface area contributed by atoms with Crippen LogP contribution >= 0.6 is 0 Å². The first-order valence-corrected chi connectivity index (χ1v) is 9.32. The van der Waals surface area contributed by atoms with Gasteiger partial charge in [0.2, 0.25) is 11.8 Å². The molecular formula is C18H25N3O4. The molecule has 4 heterocycles. The maximum Gasteiger partial charge on any atom is 0.242 e. The van der Waals surface area contributed by atoms with Crippen molar-refractivity contribution in [2.45, 2.75) is 51.0 Å². The quantitative estimate of drug-likeness (QED) is 0.827. The summed E-state index contributed by atoms with van der Waals surface area (Å²) in [5, 5.41) is 0. The molecule has 0 bridgehead atoms. The highest BCUT2D eigenvalue weighted by molar-refractivity contribution is 5.85. The SMILES string of the molecule is O=C1CCCCCN1CC(=O)N1CCc2oc(C3CCOC3)nc2C1. The van der Waals surface area contributed by atoms with Gasteiger partial charge >= 0.3 is 0 Å². The molecule has 25 heavy (non-hydrogen) atoms. The van der Waals surface area contributed by atoms with Crippen molar-refractivity contribution in [3.63, 3.8) is 0 Å². The zero-order valence-corrected chi connectivity index (χ0v) is 14.5. The molecule has 1 unspecified atom stereocenters. The van der Waals surface area contributed by atoms with Crippen molar-refractivity contribution >= 4 is 11.8 Å². The summed E-state index contributed by atoms with van der Waals surface area (Å²) in [7, 11) is 0. The molecule has 2 amide bonds. The Morgan fingerprint density at radius 2 is 2.12 bits per heavy atom. The number of carbonyl (C=O) groups excluding carboxylic acids is 2. The Morgan fingerprint density at radius 1 is 1.20 bits per heavy atom. The third-order valence-electron chi connectivity index (χ3n) is 5.37. The van der Waals surface area contributed by atoms with Gasteiger partial charge in [-0.05, 0) is 19.3 Å². The molecule has 2 fully saturated rings. The lowest BCUT2D eigenvalue weighted by molar-refractivity contribution is -0.140. The summed E-state index contributed by atoms with van der Waals surface area (Å²) >= 11 is 0. The van der Waals surface area contributed by atoms with Crippen LogP contribution in [0.15, 0.2) is 4.42 Å². The molecule has 7 heteroatoms. The third-order valence-corrected chi connectivity index (χ3v) is 5.37. The second-order valence-electron chi connectivity index (χ2n) is 7.17. The Labute approximate surface area is 147 Å². The van der Waals surface area contributed by atoms with E-state index in [0.717, 1.165) is 49.6 Å². The normalized spacial score (nSPS) is 24.3. The summed E-state index contributed by atoms with van der Waals surface area (Å²) in [5.74, 6) is 2.00. The second-order valence-corrected chi connectivity index (χ2v) is 7.17. The lowest BCUT2D eigenvalue weighted by Crippen LogP contribution is -2.44. The fraction of sp³-hybridized carbons (Fsp3) is 0.722. The minimum Gasteiger partial charge on any atom is -0.445 e. The topological polar surface area (TPSA) is 75.9 Å². The Morgan fingerprint density at radius 3 is 2.96 bits per heavy atom. The van der Waals surface area contributed by atoms with E-state index in [1.54, 1.807) is 9.80 Å². The summed E-state index contributed by atoms with van der Waals surface area (Å²) in [6.07, 6.45) is 5.18. The minimum absolute atomic E-state index is 0.00893. The average Bonchev–Trinajstić information content (AvgIpc) is 3.24. The van der Waals surface area contributed by atoms with Crippen LogP contribution in [0.2, 0.25) is 0 Å². The van der Waals surface area contributed by atoms with E-state index in [1.807, 2.05) is 0 Å². The smallest absolute Gasteiger partial charge is 0.242 e. The molecule has 0 spiro atoms. The maximum absolute atomic E-state index is 12.7. The maximum atomic E-state index is 12.7. The number of hydrogen-bond acceptors (Lipinski definition) is 5. The molecule has 0 radical (unpaired) electrons. The summed E-state index contributed by atoms with van der Waals surface area (Å²) in [6.45, 7) is 3.41. The molecule has 0 saturated carbocycles. The van der Waals surface area contributed by atoms with Crippen molar-refractivity contribution < 1.29 is 18.7 Å². The predicted molar refractivity (Wildman–Crippen MR) is 88.8 cm³/mol. The van der Waals surface area contributed by atoms with Crippen molar-refractivity contribution in [3.8, 4) is 0 Å². The van der Waals surface area contributed by atoms with Gasteiger partial charge in [-0.15, -0.1) is 0 Å². The standard InChI is InChI=1S/C18H25N3O4/c22-16-4-2-1-3-7-20(16)11-17(23)21-8-5-15-14(10-21)19-18(25-15)13-6-9-24-12-13/h13H,1-12H2. The first-order valence-electron chi connectivity index (χ1n) is 9.32. The van der Waals surface area contributed by atoms with E-state index >= 15 is 0 Å². The molecule has 2 saturated heterocycles. The Hall–Kier alpha value is -1.89. The van der Waals surface area contributed by atoms with Crippen LogP contribution in [-0.2, 0) is 27.3 Å². The molecule has 7 nitrogen and oxygen atoms in total. The Balaban J connectivity index is 1.39. The van der Waals surface area contributed by atoms with E-state index < -0.39 is 0 Å². The van der Waals surface area contributed by atoms with Gasteiger partial charge in [-0.1, -0.05) is 6.42 Å². The summed E-state index contributed by atoms with van der Waals surface area (Å²) in [4.78, 5) is 32.9. The number of fused-ring (bicyclic) bond motifs is 1. The van der Waals surface area contributed by atoms with Crippen molar-refractivity contribution in [2.24, 2.45) is 0 Å². The predicted octanol–water partition coefficient (Wildman–Crippen LogP) is 1.47. The van der Waals surface area contributed by atoms with E-state index in [9.17, 15) is 9.59 Å². The summed E-state index contributed by atoms with van der Waals surface area (Å²) in [5.41, 5.74) is 0.865. The summed E-state index contributed by atoms with van der Waals surface area (Å²) in [6, 6.07) is 0. The molecule has 1 aromatic heterocycles. The monoisotopic (exact) mass is 347 g/mol. The molecule has 4 rings (SSSR count). The minimum atomic E-state index is 0.00893. The number of rotatable bonds is 3. The highest BCUT2D eigenvalue weighted by atomic mass is 16.5. The van der Waals surface area contributed by atoms with Gasteiger partial charge < -0.3 is 19.0 Å². The highest BCUT2D eigenvalue weighted by Crippen LogP contribution is 2.29. The zero-order valence-electron chi connectivity index (χ0n) is 14.5. The van der Waals surface area contributed by atoms with Crippen molar-refractivity contribution in [1.82, 2.24) is 14.8 Å². The number of hydrogen-bond donors (Lipinski definition) is 0. The first kappa shape index (κ1) is 16.6. The molecule has 1 atom stereocenters. The van der Waals surface area contributed by atoms with Crippen LogP contribution in [0.4, 0.5) is 0 Å². The number of oxazole rings is 1. The van der Waals surface area contributed by atoms with Gasteiger partial charge in [-0.2, -0.15) is 0 Å². The fourth-order valence-corrected chi connectivity index (χ4v) is 3.80. The number of carbonyl (C=O) groups is 2. The Bertz CT molecular complexity index is 651. The van der Waals surface area contributed by atoms with E-state index in [1.165, 1.54) is 0 Å². The number of amides is 2. The number of nitrogens with zero attached hydrogens (tertiary/aromatic N) is 3. The number of aromatic nitrogens is 1. The first-order chi connectivity index (χ1) is 12.2. The van der Waals surface area contributed by atoms with Crippen molar-refractivity contribution in [3.05, 3.63) is 17.3 Å². The number of ether oxygens (including phenoxy) is 1. The van der Waals surface area contributed by atoms with Crippen LogP contribution in [0.3, 0.4) is 0 Å². The Kier molecular flexibility index (Phi) is 4.74. The van der Waals surface area contributed by atoms with Crippen LogP contribution in [0, 0.1) is 0 Å². The van der Waals surface area contributed by atoms with Crippen LogP contribution in [-0.4, -0.2) is 59.4 Å². The van der Waals surface area contributed by atoms with Gasteiger partial charge in [0.25, 0.3) is 0 Å². The highest BCUT2D eigenvalue weighted by Gasteiger charge is 2.30. The molecule has 0 N–H and O–H groups in total. The van der Waals surface area contributed by atoms with Crippen LogP contribution < -0.4 is 0 Å². The van der Waals surface area contributed by atoms with Crippen LogP contribution in [0.25, 0.3) is 0 Å². The van der Waals surface area contributed by atoms with Crippen molar-refractivity contribution in [1.29, 1.82) is 0 Å². The van der Waals surface area contributed by atoms with Crippen LogP contribution in [0.5, 0.6) is 0 Å². The van der Waals surface area contributed by atoms with Gasteiger partial charge in [0.1, 0.15) is 11.5 Å². The zero-order chi connectivity index (χ0) is 17.2. The van der Waals surface area contributed by atoms with E-state index in [-0.39, 0.29) is 24.3 Å². The van der Waals surface area contributed by atoms with Gasteiger partial charge in [-0.3, -0.25) is 9.59 Å². The molecule has 1 aromatic rings. The fourth-order valence-electron chi connectivity index (χ4n) is 3.80. The van der Waals surface area contributed by atoms with Gasteiger partial charge in [0.05, 0.1) is 25.6 Å². The lowest BCUT2D eigenvalue weighted by atomic mass is 10.1. The lowest BCUT2D eigenvalue weighted by Gasteiger charge is -2.28. The molecular weight excluding hydrogens is 322 g/mol. The van der Waals surface area contributed by atoms with Gasteiger partial charge in [-0.25, -0.2) is 4.98 Å². The van der Waals surface area contributed by atoms with E-state index in [0.29, 0.717) is 39.1 Å². The molecule has 0 aromatic carbocycles. The summed E-state index contributed by atoms with van der Waals surface area (Å²) < 4.78 is 11.3. The second kappa shape index (κ2) is 7.15. The van der Waals surface area contributed by atoms with Crippen LogP contribution in [0.1, 0.15) is 55.4 Å². The molecule has 0 aliphatic carbocycles.